The molecule has 0 bridgehead atoms. The number of hydrogen-bond donors (Lipinski definition) is 1. The second-order valence-corrected chi connectivity index (χ2v) is 4.65. The van der Waals surface area contributed by atoms with Crippen LogP contribution in [0.25, 0.3) is 0 Å². The maximum atomic E-state index is 5.82. The van der Waals surface area contributed by atoms with Gasteiger partial charge in [-0.2, -0.15) is 0 Å². The fourth-order valence-corrected chi connectivity index (χ4v) is 1.30. The lowest BCUT2D eigenvalue weighted by Gasteiger charge is -2.18. The van der Waals surface area contributed by atoms with E-state index in [1.807, 2.05) is 13.8 Å². The van der Waals surface area contributed by atoms with E-state index in [-0.39, 0.29) is 5.54 Å². The molecule has 1 aromatic carbocycles. The van der Waals surface area contributed by atoms with Crippen molar-refractivity contribution in [3.8, 4) is 0 Å². The van der Waals surface area contributed by atoms with E-state index in [1.54, 1.807) is 0 Å². The van der Waals surface area contributed by atoms with Crippen molar-refractivity contribution in [2.45, 2.75) is 39.3 Å². The van der Waals surface area contributed by atoms with Crippen molar-refractivity contribution in [2.75, 3.05) is 6.61 Å². The van der Waals surface area contributed by atoms with Crippen LogP contribution in [0.2, 0.25) is 0 Å². The largest absolute Gasteiger partial charge is 0.375 e. The van der Waals surface area contributed by atoms with Gasteiger partial charge in [-0.1, -0.05) is 31.2 Å². The van der Waals surface area contributed by atoms with Gasteiger partial charge in [0.05, 0.1) is 13.2 Å². The van der Waals surface area contributed by atoms with Crippen LogP contribution in [0.3, 0.4) is 0 Å². The molecule has 2 heteroatoms. The molecule has 2 N–H and O–H groups in total. The van der Waals surface area contributed by atoms with E-state index >= 15 is 0 Å². The summed E-state index contributed by atoms with van der Waals surface area (Å²) < 4.78 is 5.53. The smallest absolute Gasteiger partial charge is 0.0717 e. The highest BCUT2D eigenvalue weighted by atomic mass is 16.5. The van der Waals surface area contributed by atoms with Crippen molar-refractivity contribution in [2.24, 2.45) is 5.73 Å². The summed E-state index contributed by atoms with van der Waals surface area (Å²) in [6.45, 7) is 7.32. The Morgan fingerprint density at radius 3 is 2.13 bits per heavy atom. The van der Waals surface area contributed by atoms with Crippen molar-refractivity contribution in [1.29, 1.82) is 0 Å². The molecule has 0 heterocycles. The standard InChI is InChI=1S/C13H21NO/c1-4-11-5-7-12(8-6-11)9-15-10-13(2,3)14/h5-8H,4,9-10,14H2,1-3H3. The summed E-state index contributed by atoms with van der Waals surface area (Å²) in [7, 11) is 0. The number of aryl methyl sites for hydroxylation is 1. The van der Waals surface area contributed by atoms with Gasteiger partial charge < -0.3 is 10.5 Å². The van der Waals surface area contributed by atoms with Gasteiger partial charge >= 0.3 is 0 Å². The highest BCUT2D eigenvalue weighted by Gasteiger charge is 2.09. The summed E-state index contributed by atoms with van der Waals surface area (Å²) in [5.41, 5.74) is 8.14. The van der Waals surface area contributed by atoms with Crippen LogP contribution >= 0.6 is 0 Å². The molecule has 1 aromatic rings. The van der Waals surface area contributed by atoms with Gasteiger partial charge in [-0.15, -0.1) is 0 Å². The SMILES string of the molecule is CCc1ccc(COCC(C)(C)N)cc1. The van der Waals surface area contributed by atoms with Crippen LogP contribution in [0.1, 0.15) is 31.9 Å². The van der Waals surface area contributed by atoms with E-state index in [1.165, 1.54) is 11.1 Å². The van der Waals surface area contributed by atoms with Gasteiger partial charge in [-0.3, -0.25) is 0 Å². The van der Waals surface area contributed by atoms with Crippen LogP contribution in [0.5, 0.6) is 0 Å². The zero-order valence-electron chi connectivity index (χ0n) is 9.92. The molecule has 0 saturated heterocycles. The molecule has 0 fully saturated rings. The van der Waals surface area contributed by atoms with Gasteiger partial charge in [-0.05, 0) is 31.4 Å². The van der Waals surface area contributed by atoms with E-state index in [9.17, 15) is 0 Å². The maximum Gasteiger partial charge on any atom is 0.0717 e. The first-order valence-electron chi connectivity index (χ1n) is 5.46. The molecule has 0 radical (unpaired) electrons. The Balaban J connectivity index is 2.38. The minimum absolute atomic E-state index is 0.247. The first-order valence-corrected chi connectivity index (χ1v) is 5.46. The average molecular weight is 207 g/mol. The topological polar surface area (TPSA) is 35.2 Å². The van der Waals surface area contributed by atoms with E-state index < -0.39 is 0 Å². The quantitative estimate of drug-likeness (QED) is 0.805. The number of ether oxygens (including phenoxy) is 1. The molecule has 0 unspecified atom stereocenters. The fourth-order valence-electron chi connectivity index (χ4n) is 1.30. The third kappa shape index (κ3) is 4.96. The van der Waals surface area contributed by atoms with Crippen molar-refractivity contribution >= 4 is 0 Å². The van der Waals surface area contributed by atoms with Crippen molar-refractivity contribution < 1.29 is 4.74 Å². The van der Waals surface area contributed by atoms with E-state index in [4.69, 9.17) is 10.5 Å². The molecular weight excluding hydrogens is 186 g/mol. The molecule has 0 atom stereocenters. The average Bonchev–Trinajstić information content (AvgIpc) is 2.17. The highest BCUT2D eigenvalue weighted by molar-refractivity contribution is 5.21. The molecule has 0 aliphatic heterocycles. The summed E-state index contributed by atoms with van der Waals surface area (Å²) in [5, 5.41) is 0. The summed E-state index contributed by atoms with van der Waals surface area (Å²) in [4.78, 5) is 0. The number of nitrogens with two attached hydrogens (primary N) is 1. The zero-order valence-corrected chi connectivity index (χ0v) is 9.92. The van der Waals surface area contributed by atoms with Gasteiger partial charge in [-0.25, -0.2) is 0 Å². The molecule has 15 heavy (non-hydrogen) atoms. The molecule has 0 spiro atoms. The van der Waals surface area contributed by atoms with Gasteiger partial charge in [0.25, 0.3) is 0 Å². The first kappa shape index (κ1) is 12.2. The maximum absolute atomic E-state index is 5.82. The zero-order chi connectivity index (χ0) is 11.3. The van der Waals surface area contributed by atoms with Crippen molar-refractivity contribution in [3.05, 3.63) is 35.4 Å². The van der Waals surface area contributed by atoms with Crippen LogP contribution < -0.4 is 5.73 Å². The Kier molecular flexibility index (Phi) is 4.30. The molecule has 0 aliphatic carbocycles. The first-order chi connectivity index (χ1) is 7.01. The molecule has 0 aromatic heterocycles. The summed E-state index contributed by atoms with van der Waals surface area (Å²) in [6.07, 6.45) is 1.08. The van der Waals surface area contributed by atoms with Gasteiger partial charge in [0.2, 0.25) is 0 Å². The Hall–Kier alpha value is -0.860. The lowest BCUT2D eigenvalue weighted by atomic mass is 10.1. The van der Waals surface area contributed by atoms with Crippen LogP contribution in [-0.4, -0.2) is 12.1 Å². The van der Waals surface area contributed by atoms with Crippen LogP contribution in [0, 0.1) is 0 Å². The van der Waals surface area contributed by atoms with E-state index in [0.29, 0.717) is 13.2 Å². The van der Waals surface area contributed by atoms with E-state index in [0.717, 1.165) is 6.42 Å². The molecule has 2 nitrogen and oxygen atoms in total. The van der Waals surface area contributed by atoms with Crippen molar-refractivity contribution in [1.82, 2.24) is 0 Å². The normalized spacial score (nSPS) is 11.7. The fraction of sp³-hybridized carbons (Fsp3) is 0.538. The summed E-state index contributed by atoms with van der Waals surface area (Å²) in [5.74, 6) is 0. The molecular formula is C13H21NO. The Bertz CT molecular complexity index is 284. The minimum atomic E-state index is -0.247. The van der Waals surface area contributed by atoms with Gasteiger partial charge in [0, 0.05) is 5.54 Å². The van der Waals surface area contributed by atoms with Crippen molar-refractivity contribution in [3.63, 3.8) is 0 Å². The number of benzene rings is 1. The lowest BCUT2D eigenvalue weighted by Crippen LogP contribution is -2.37. The molecule has 84 valence electrons. The van der Waals surface area contributed by atoms with E-state index in [2.05, 4.69) is 31.2 Å². The van der Waals surface area contributed by atoms with Gasteiger partial charge in [0.1, 0.15) is 0 Å². The molecule has 0 aliphatic rings. The van der Waals surface area contributed by atoms with Crippen LogP contribution in [0.4, 0.5) is 0 Å². The lowest BCUT2D eigenvalue weighted by molar-refractivity contribution is 0.0851. The monoisotopic (exact) mass is 207 g/mol. The summed E-state index contributed by atoms with van der Waals surface area (Å²) >= 11 is 0. The molecule has 0 saturated carbocycles. The minimum Gasteiger partial charge on any atom is -0.375 e. The third-order valence-corrected chi connectivity index (χ3v) is 2.17. The predicted molar refractivity (Wildman–Crippen MR) is 63.7 cm³/mol. The molecule has 0 amide bonds. The summed E-state index contributed by atoms with van der Waals surface area (Å²) in [6, 6.07) is 8.52. The third-order valence-electron chi connectivity index (χ3n) is 2.17. The van der Waals surface area contributed by atoms with Crippen LogP contribution in [0.15, 0.2) is 24.3 Å². The second-order valence-electron chi connectivity index (χ2n) is 4.65. The Morgan fingerprint density at radius 2 is 1.67 bits per heavy atom. The highest BCUT2D eigenvalue weighted by Crippen LogP contribution is 2.07. The number of rotatable bonds is 5. The van der Waals surface area contributed by atoms with Crippen LogP contribution in [-0.2, 0) is 17.8 Å². The molecule has 1 rings (SSSR count). The van der Waals surface area contributed by atoms with Gasteiger partial charge in [0.15, 0.2) is 0 Å². The predicted octanol–water partition coefficient (Wildman–Crippen LogP) is 2.50. The second kappa shape index (κ2) is 5.29. The Labute approximate surface area is 92.4 Å². The Morgan fingerprint density at radius 1 is 1.13 bits per heavy atom. The number of hydrogen-bond acceptors (Lipinski definition) is 2.